The number of aromatic nitrogens is 1. The molecular weight excluding hydrogens is 587 g/mol. The molecule has 10 nitrogen and oxygen atoms in total. The molecule has 2 atom stereocenters. The third-order valence-corrected chi connectivity index (χ3v) is 8.99. The topological polar surface area (TPSA) is 115 Å². The molecule has 3 fully saturated rings. The van der Waals surface area contributed by atoms with Crippen LogP contribution in [0, 0.1) is 11.7 Å². The minimum atomic E-state index is -0.969. The standard InChI is InChI=1S/C35H39FN6O4/c1-22(29-10-9-27(41-15-13-40(2)14-16-41)18-24(29)6-5-23-3-4-23)38-35(46)32-19-28(43)21-42(32)33(44)20-37-34(45)31-11-7-25-17-26(36)8-12-30(25)39-31/h5-12,17-18,22-23,32H,3-4,13-16,19-21H2,1-2H3,(H,37,45)(H,38,46)/b6-5+/t22-,32?/m0/s1. The zero-order chi connectivity index (χ0) is 32.4. The number of amides is 3. The Morgan fingerprint density at radius 2 is 1.83 bits per heavy atom. The molecule has 240 valence electrons. The van der Waals surface area contributed by atoms with Gasteiger partial charge < -0.3 is 25.3 Å². The first kappa shape index (κ1) is 31.3. The van der Waals surface area contributed by atoms with Crippen LogP contribution in [0.25, 0.3) is 17.0 Å². The first-order chi connectivity index (χ1) is 22.1. The highest BCUT2D eigenvalue weighted by Gasteiger charge is 2.39. The first-order valence-electron chi connectivity index (χ1n) is 15.9. The SMILES string of the molecule is C[C@H](NC(=O)C1CC(=O)CN1C(=O)CNC(=O)c1ccc2cc(F)ccc2n1)c1ccc(N2CCN(C)CC2)cc1/C=C/C1CC1. The number of pyridine rings is 1. The van der Waals surface area contributed by atoms with Crippen LogP contribution in [0.15, 0.2) is 54.6 Å². The molecule has 3 heterocycles. The molecule has 11 heteroatoms. The number of Topliss-reactive ketones (excluding diaryl/α,β-unsaturated/α-hetero) is 1. The average molecular weight is 627 g/mol. The van der Waals surface area contributed by atoms with E-state index in [0.29, 0.717) is 16.8 Å². The van der Waals surface area contributed by atoms with Crippen LogP contribution >= 0.6 is 0 Å². The van der Waals surface area contributed by atoms with E-state index < -0.39 is 36.1 Å². The van der Waals surface area contributed by atoms with Crippen LogP contribution in [0.4, 0.5) is 10.1 Å². The lowest BCUT2D eigenvalue weighted by Crippen LogP contribution is -2.49. The predicted octanol–water partition coefficient (Wildman–Crippen LogP) is 3.33. The van der Waals surface area contributed by atoms with Gasteiger partial charge in [0.25, 0.3) is 5.91 Å². The van der Waals surface area contributed by atoms with Crippen molar-refractivity contribution in [2.75, 3.05) is 51.2 Å². The van der Waals surface area contributed by atoms with Crippen molar-refractivity contribution in [2.24, 2.45) is 5.92 Å². The Labute approximate surface area is 267 Å². The maximum atomic E-state index is 13.5. The summed E-state index contributed by atoms with van der Waals surface area (Å²) in [6.45, 7) is 5.22. The van der Waals surface area contributed by atoms with Gasteiger partial charge in [0.1, 0.15) is 17.6 Å². The van der Waals surface area contributed by atoms with E-state index in [1.807, 2.05) is 6.92 Å². The lowest BCUT2D eigenvalue weighted by Gasteiger charge is -2.34. The van der Waals surface area contributed by atoms with Crippen molar-refractivity contribution in [3.63, 3.8) is 0 Å². The van der Waals surface area contributed by atoms with E-state index in [1.54, 1.807) is 6.07 Å². The second-order valence-corrected chi connectivity index (χ2v) is 12.5. The Balaban J connectivity index is 1.11. The van der Waals surface area contributed by atoms with E-state index in [4.69, 9.17) is 0 Å². The van der Waals surface area contributed by atoms with Crippen molar-refractivity contribution in [1.82, 2.24) is 25.4 Å². The molecule has 2 aromatic carbocycles. The molecule has 46 heavy (non-hydrogen) atoms. The van der Waals surface area contributed by atoms with Gasteiger partial charge in [-0.05, 0) is 80.3 Å². The van der Waals surface area contributed by atoms with Crippen molar-refractivity contribution in [3.8, 4) is 0 Å². The van der Waals surface area contributed by atoms with E-state index in [1.165, 1.54) is 42.0 Å². The van der Waals surface area contributed by atoms with Crippen LogP contribution in [0.2, 0.25) is 0 Å². The molecule has 3 amide bonds. The van der Waals surface area contributed by atoms with Gasteiger partial charge >= 0.3 is 0 Å². The van der Waals surface area contributed by atoms with Gasteiger partial charge in [-0.15, -0.1) is 0 Å². The Hall–Kier alpha value is -4.64. The van der Waals surface area contributed by atoms with Crippen LogP contribution in [-0.2, 0) is 14.4 Å². The zero-order valence-corrected chi connectivity index (χ0v) is 26.2. The monoisotopic (exact) mass is 626 g/mol. The molecule has 1 saturated carbocycles. The van der Waals surface area contributed by atoms with Crippen LogP contribution in [0.1, 0.15) is 53.8 Å². The van der Waals surface area contributed by atoms with Crippen LogP contribution in [-0.4, -0.2) is 90.6 Å². The molecule has 2 aliphatic heterocycles. The van der Waals surface area contributed by atoms with Gasteiger partial charge in [-0.25, -0.2) is 9.37 Å². The highest BCUT2D eigenvalue weighted by atomic mass is 19.1. The number of ketones is 1. The number of rotatable bonds is 9. The molecule has 0 spiro atoms. The maximum absolute atomic E-state index is 13.5. The molecule has 1 aliphatic carbocycles. The number of nitrogens with one attached hydrogen (secondary N) is 2. The summed E-state index contributed by atoms with van der Waals surface area (Å²) in [6, 6.07) is 12.1. The van der Waals surface area contributed by atoms with Crippen LogP contribution in [0.5, 0.6) is 0 Å². The summed E-state index contributed by atoms with van der Waals surface area (Å²) >= 11 is 0. The third-order valence-electron chi connectivity index (χ3n) is 8.99. The number of hydrogen-bond acceptors (Lipinski definition) is 7. The number of allylic oxidation sites excluding steroid dienone is 1. The van der Waals surface area contributed by atoms with Crippen molar-refractivity contribution in [1.29, 1.82) is 0 Å². The summed E-state index contributed by atoms with van der Waals surface area (Å²) in [5.74, 6) is -1.58. The number of anilines is 1. The van der Waals surface area contributed by atoms with Crippen LogP contribution in [0.3, 0.4) is 0 Å². The summed E-state index contributed by atoms with van der Waals surface area (Å²) in [6.07, 6.45) is 6.68. The van der Waals surface area contributed by atoms with Crippen molar-refractivity contribution < 1.29 is 23.6 Å². The molecule has 3 aliphatic rings. The fourth-order valence-corrected chi connectivity index (χ4v) is 6.04. The summed E-state index contributed by atoms with van der Waals surface area (Å²) < 4.78 is 13.5. The van der Waals surface area contributed by atoms with Gasteiger partial charge in [0.2, 0.25) is 11.8 Å². The van der Waals surface area contributed by atoms with E-state index in [9.17, 15) is 23.6 Å². The van der Waals surface area contributed by atoms with Gasteiger partial charge in [-0.2, -0.15) is 0 Å². The van der Waals surface area contributed by atoms with E-state index in [0.717, 1.165) is 43.0 Å². The van der Waals surface area contributed by atoms with Gasteiger partial charge in [-0.3, -0.25) is 19.2 Å². The van der Waals surface area contributed by atoms with Gasteiger partial charge in [0, 0.05) is 43.7 Å². The molecule has 2 saturated heterocycles. The number of piperazine rings is 1. The Kier molecular flexibility index (Phi) is 9.12. The average Bonchev–Trinajstić information content (AvgIpc) is 3.80. The van der Waals surface area contributed by atoms with Crippen molar-refractivity contribution >= 4 is 46.2 Å². The number of carbonyl (C=O) groups is 4. The number of carbonyl (C=O) groups excluding carboxylic acids is 4. The molecular formula is C35H39FN6O4. The number of nitrogens with zero attached hydrogens (tertiary/aromatic N) is 4. The quantitative estimate of drug-likeness (QED) is 0.375. The third kappa shape index (κ3) is 7.25. The predicted molar refractivity (Wildman–Crippen MR) is 174 cm³/mol. The minimum absolute atomic E-state index is 0.0673. The largest absolute Gasteiger partial charge is 0.369 e. The summed E-state index contributed by atoms with van der Waals surface area (Å²) in [5, 5.41) is 6.12. The molecule has 6 rings (SSSR count). The molecule has 1 aromatic heterocycles. The maximum Gasteiger partial charge on any atom is 0.270 e. The van der Waals surface area contributed by atoms with E-state index in [-0.39, 0.29) is 30.5 Å². The molecule has 3 aromatic rings. The molecule has 0 bridgehead atoms. The summed E-state index contributed by atoms with van der Waals surface area (Å²) in [5.41, 5.74) is 3.66. The Morgan fingerprint density at radius 3 is 2.59 bits per heavy atom. The lowest BCUT2D eigenvalue weighted by atomic mass is 9.98. The second kappa shape index (κ2) is 13.4. The number of fused-ring (bicyclic) bond motifs is 1. The molecule has 2 N–H and O–H groups in total. The van der Waals surface area contributed by atoms with Gasteiger partial charge in [-0.1, -0.05) is 24.3 Å². The number of hydrogen-bond donors (Lipinski definition) is 2. The molecule has 0 radical (unpaired) electrons. The smallest absolute Gasteiger partial charge is 0.270 e. The van der Waals surface area contributed by atoms with E-state index in [2.05, 4.69) is 62.8 Å². The second-order valence-electron chi connectivity index (χ2n) is 12.5. The summed E-state index contributed by atoms with van der Waals surface area (Å²) in [4.78, 5) is 62.0. The molecule has 1 unspecified atom stereocenters. The fourth-order valence-electron chi connectivity index (χ4n) is 6.04. The normalized spacial score (nSPS) is 19.5. The highest BCUT2D eigenvalue weighted by Crippen LogP contribution is 2.33. The van der Waals surface area contributed by atoms with Crippen molar-refractivity contribution in [2.45, 2.75) is 38.3 Å². The summed E-state index contributed by atoms with van der Waals surface area (Å²) in [7, 11) is 2.13. The Morgan fingerprint density at radius 1 is 1.04 bits per heavy atom. The number of benzene rings is 2. The fraction of sp³-hybridized carbons (Fsp3) is 0.400. The zero-order valence-electron chi connectivity index (χ0n) is 26.2. The van der Waals surface area contributed by atoms with Gasteiger partial charge in [0.15, 0.2) is 5.78 Å². The number of likely N-dealkylation sites (tertiary alicyclic amines) is 1. The lowest BCUT2D eigenvalue weighted by molar-refractivity contribution is -0.138. The Bertz CT molecular complexity index is 1700. The minimum Gasteiger partial charge on any atom is -0.369 e. The van der Waals surface area contributed by atoms with Crippen molar-refractivity contribution in [3.05, 3.63) is 77.2 Å². The number of likely N-dealkylation sites (N-methyl/N-ethyl adjacent to an activating group) is 1. The first-order valence-corrected chi connectivity index (χ1v) is 15.9. The van der Waals surface area contributed by atoms with Crippen LogP contribution < -0.4 is 15.5 Å². The van der Waals surface area contributed by atoms with E-state index >= 15 is 0 Å². The highest BCUT2D eigenvalue weighted by molar-refractivity contribution is 6.01. The number of halogens is 1. The van der Waals surface area contributed by atoms with Gasteiger partial charge in [0.05, 0.1) is 24.6 Å².